The van der Waals surface area contributed by atoms with Crippen LogP contribution in [-0.2, 0) is 13.1 Å². The summed E-state index contributed by atoms with van der Waals surface area (Å²) in [6, 6.07) is 11.6. The van der Waals surface area contributed by atoms with E-state index in [1.165, 1.54) is 39.8 Å². The lowest BCUT2D eigenvalue weighted by Crippen LogP contribution is -2.35. The molecule has 0 bridgehead atoms. The molecule has 1 aromatic carbocycles. The second-order valence-electron chi connectivity index (χ2n) is 6.74. The summed E-state index contributed by atoms with van der Waals surface area (Å²) in [5, 5.41) is 4.89. The lowest BCUT2D eigenvalue weighted by molar-refractivity contribution is 0.165. The lowest BCUT2D eigenvalue weighted by Gasteiger charge is -2.30. The molecule has 25 heavy (non-hydrogen) atoms. The van der Waals surface area contributed by atoms with Crippen molar-refractivity contribution in [1.29, 1.82) is 0 Å². The minimum absolute atomic E-state index is 0.611. The number of nitrogens with zero attached hydrogens (tertiary/aromatic N) is 3. The van der Waals surface area contributed by atoms with Gasteiger partial charge in [0, 0.05) is 46.7 Å². The van der Waals surface area contributed by atoms with Crippen LogP contribution >= 0.6 is 11.3 Å². The standard InChI is InChI=1S/C20H24N4S/c1-2-6-20-17(4-1)10-19(25-20)14-24(13-16-11-22-15-23-12-16)18-5-3-8-21-9-7-18/h1-2,4,6,10-12,15,18,21H,3,5,7-9,13-14H2/t18-/m0/s1. The highest BCUT2D eigenvalue weighted by molar-refractivity contribution is 7.19. The van der Waals surface area contributed by atoms with Crippen molar-refractivity contribution in [3.05, 3.63) is 59.5 Å². The third-order valence-electron chi connectivity index (χ3n) is 4.90. The summed E-state index contributed by atoms with van der Waals surface area (Å²) in [5.41, 5.74) is 1.20. The van der Waals surface area contributed by atoms with E-state index in [9.17, 15) is 0 Å². The highest BCUT2D eigenvalue weighted by Gasteiger charge is 2.21. The van der Waals surface area contributed by atoms with Crippen LogP contribution in [0.2, 0.25) is 0 Å². The third-order valence-corrected chi connectivity index (χ3v) is 6.00. The van der Waals surface area contributed by atoms with Gasteiger partial charge in [-0.3, -0.25) is 4.90 Å². The predicted octanol–water partition coefficient (Wildman–Crippen LogP) is 3.84. The summed E-state index contributed by atoms with van der Waals surface area (Å²) in [5.74, 6) is 0. The molecule has 0 unspecified atom stereocenters. The van der Waals surface area contributed by atoms with Crippen molar-refractivity contribution in [2.75, 3.05) is 13.1 Å². The van der Waals surface area contributed by atoms with Crippen LogP contribution < -0.4 is 5.32 Å². The van der Waals surface area contributed by atoms with Gasteiger partial charge in [-0.1, -0.05) is 18.2 Å². The molecule has 1 aliphatic heterocycles. The van der Waals surface area contributed by atoms with Crippen LogP contribution in [0, 0.1) is 0 Å². The first-order valence-electron chi connectivity index (χ1n) is 9.04. The molecule has 5 heteroatoms. The third kappa shape index (κ3) is 4.24. The molecule has 3 aromatic rings. The normalized spacial score (nSPS) is 18.5. The lowest BCUT2D eigenvalue weighted by atomic mass is 10.1. The number of benzene rings is 1. The van der Waals surface area contributed by atoms with E-state index in [-0.39, 0.29) is 0 Å². The Bertz CT molecular complexity index is 761. The molecule has 1 aliphatic rings. The van der Waals surface area contributed by atoms with E-state index in [0.29, 0.717) is 6.04 Å². The Labute approximate surface area is 152 Å². The minimum atomic E-state index is 0.611. The van der Waals surface area contributed by atoms with Gasteiger partial charge in [0.05, 0.1) is 0 Å². The molecule has 4 nitrogen and oxygen atoms in total. The van der Waals surface area contributed by atoms with Crippen molar-refractivity contribution in [3.8, 4) is 0 Å². The molecular weight excluding hydrogens is 328 g/mol. The van der Waals surface area contributed by atoms with Crippen LogP contribution in [0.25, 0.3) is 10.1 Å². The van der Waals surface area contributed by atoms with Crippen molar-refractivity contribution in [1.82, 2.24) is 20.2 Å². The van der Waals surface area contributed by atoms with Crippen LogP contribution in [0.15, 0.2) is 49.1 Å². The van der Waals surface area contributed by atoms with Gasteiger partial charge in [0.2, 0.25) is 0 Å². The first-order valence-corrected chi connectivity index (χ1v) is 9.86. The molecule has 1 saturated heterocycles. The summed E-state index contributed by atoms with van der Waals surface area (Å²) in [7, 11) is 0. The molecule has 0 saturated carbocycles. The Balaban J connectivity index is 1.57. The Morgan fingerprint density at radius 1 is 1.08 bits per heavy atom. The Kier molecular flexibility index (Phi) is 5.35. The van der Waals surface area contributed by atoms with Gasteiger partial charge in [-0.15, -0.1) is 11.3 Å². The van der Waals surface area contributed by atoms with Gasteiger partial charge < -0.3 is 5.32 Å². The van der Waals surface area contributed by atoms with Crippen molar-refractivity contribution in [3.63, 3.8) is 0 Å². The van der Waals surface area contributed by atoms with Gasteiger partial charge in [0.15, 0.2) is 0 Å². The fraction of sp³-hybridized carbons (Fsp3) is 0.400. The number of hydrogen-bond donors (Lipinski definition) is 1. The van der Waals surface area contributed by atoms with E-state index in [1.807, 2.05) is 23.7 Å². The number of fused-ring (bicyclic) bond motifs is 1. The van der Waals surface area contributed by atoms with E-state index in [1.54, 1.807) is 6.33 Å². The molecule has 1 N–H and O–H groups in total. The molecule has 0 aliphatic carbocycles. The van der Waals surface area contributed by atoms with Crippen molar-refractivity contribution in [2.45, 2.75) is 38.4 Å². The quantitative estimate of drug-likeness (QED) is 0.757. The molecule has 1 fully saturated rings. The van der Waals surface area contributed by atoms with E-state index >= 15 is 0 Å². The predicted molar refractivity (Wildman–Crippen MR) is 104 cm³/mol. The second-order valence-corrected chi connectivity index (χ2v) is 7.91. The molecule has 4 rings (SSSR count). The van der Waals surface area contributed by atoms with E-state index in [0.717, 1.165) is 26.2 Å². The number of aromatic nitrogens is 2. The van der Waals surface area contributed by atoms with Crippen LogP contribution in [0.1, 0.15) is 29.7 Å². The molecule has 3 heterocycles. The van der Waals surface area contributed by atoms with Crippen molar-refractivity contribution < 1.29 is 0 Å². The summed E-state index contributed by atoms with van der Waals surface area (Å²) < 4.78 is 1.38. The monoisotopic (exact) mass is 352 g/mol. The fourth-order valence-electron chi connectivity index (χ4n) is 3.64. The molecule has 130 valence electrons. The summed E-state index contributed by atoms with van der Waals surface area (Å²) in [6.45, 7) is 4.17. The Morgan fingerprint density at radius 2 is 1.96 bits per heavy atom. The number of thiophene rings is 1. The van der Waals surface area contributed by atoms with Gasteiger partial charge in [0.25, 0.3) is 0 Å². The highest BCUT2D eigenvalue weighted by atomic mass is 32.1. The first kappa shape index (κ1) is 16.6. The van der Waals surface area contributed by atoms with Gasteiger partial charge >= 0.3 is 0 Å². The number of nitrogens with one attached hydrogen (secondary N) is 1. The highest BCUT2D eigenvalue weighted by Crippen LogP contribution is 2.28. The summed E-state index contributed by atoms with van der Waals surface area (Å²) in [6.07, 6.45) is 9.21. The van der Waals surface area contributed by atoms with Crippen LogP contribution in [0.3, 0.4) is 0 Å². The number of hydrogen-bond acceptors (Lipinski definition) is 5. The average Bonchev–Trinajstić information content (AvgIpc) is 2.86. The van der Waals surface area contributed by atoms with Gasteiger partial charge in [0.1, 0.15) is 6.33 Å². The average molecular weight is 353 g/mol. The van der Waals surface area contributed by atoms with Crippen LogP contribution in [0.4, 0.5) is 0 Å². The van der Waals surface area contributed by atoms with Gasteiger partial charge in [-0.2, -0.15) is 0 Å². The Hall–Kier alpha value is -1.82. The molecule has 2 aromatic heterocycles. The maximum absolute atomic E-state index is 4.20. The molecule has 0 spiro atoms. The first-order chi connectivity index (χ1) is 12.4. The number of rotatable bonds is 5. The molecule has 0 amide bonds. The topological polar surface area (TPSA) is 41.1 Å². The van der Waals surface area contributed by atoms with E-state index < -0.39 is 0 Å². The maximum Gasteiger partial charge on any atom is 0.115 e. The zero-order chi connectivity index (χ0) is 16.9. The summed E-state index contributed by atoms with van der Waals surface area (Å²) >= 11 is 1.92. The van der Waals surface area contributed by atoms with Gasteiger partial charge in [-0.05, 0) is 49.9 Å². The maximum atomic E-state index is 4.20. The SMILES string of the molecule is c1ccc2sc(CN(Cc3cncnc3)[C@H]3CCCNCC3)cc2c1. The largest absolute Gasteiger partial charge is 0.317 e. The molecule has 0 radical (unpaired) electrons. The zero-order valence-electron chi connectivity index (χ0n) is 14.4. The van der Waals surface area contributed by atoms with Gasteiger partial charge in [-0.25, -0.2) is 9.97 Å². The smallest absolute Gasteiger partial charge is 0.115 e. The van der Waals surface area contributed by atoms with Crippen molar-refractivity contribution in [2.24, 2.45) is 0 Å². The molecular formula is C20H24N4S. The second kappa shape index (κ2) is 8.04. The zero-order valence-corrected chi connectivity index (χ0v) is 15.2. The van der Waals surface area contributed by atoms with Crippen molar-refractivity contribution >= 4 is 21.4 Å². The minimum Gasteiger partial charge on any atom is -0.317 e. The Morgan fingerprint density at radius 3 is 2.84 bits per heavy atom. The van der Waals surface area contributed by atoms with Crippen LogP contribution in [-0.4, -0.2) is 34.0 Å². The van der Waals surface area contributed by atoms with E-state index in [4.69, 9.17) is 0 Å². The fourth-order valence-corrected chi connectivity index (χ4v) is 4.73. The van der Waals surface area contributed by atoms with Crippen LogP contribution in [0.5, 0.6) is 0 Å². The summed E-state index contributed by atoms with van der Waals surface area (Å²) in [4.78, 5) is 12.5. The molecule has 1 atom stereocenters. The van der Waals surface area contributed by atoms with E-state index in [2.05, 4.69) is 50.5 Å².